The summed E-state index contributed by atoms with van der Waals surface area (Å²) in [4.78, 5) is 0. The SMILES string of the molecule is c1ccc(C2CCCCC2)c(OCC2CNCCO2)c1. The lowest BCUT2D eigenvalue weighted by molar-refractivity contribution is -0.0000908. The van der Waals surface area contributed by atoms with Gasteiger partial charge in [0.1, 0.15) is 18.5 Å². The van der Waals surface area contributed by atoms with E-state index < -0.39 is 0 Å². The van der Waals surface area contributed by atoms with Crippen LogP contribution in [0.3, 0.4) is 0 Å². The van der Waals surface area contributed by atoms with Crippen molar-refractivity contribution in [2.24, 2.45) is 0 Å². The van der Waals surface area contributed by atoms with Gasteiger partial charge in [-0.2, -0.15) is 0 Å². The molecule has 3 nitrogen and oxygen atoms in total. The van der Waals surface area contributed by atoms with Crippen molar-refractivity contribution in [2.45, 2.75) is 44.1 Å². The highest BCUT2D eigenvalue weighted by Gasteiger charge is 2.20. The molecule has 3 heteroatoms. The average molecular weight is 275 g/mol. The Labute approximate surface area is 121 Å². The van der Waals surface area contributed by atoms with E-state index in [0.29, 0.717) is 12.5 Å². The summed E-state index contributed by atoms with van der Waals surface area (Å²) in [5.41, 5.74) is 1.40. The molecule has 1 aromatic rings. The Morgan fingerprint density at radius 3 is 2.80 bits per heavy atom. The zero-order valence-electron chi connectivity index (χ0n) is 12.1. The van der Waals surface area contributed by atoms with Crippen LogP contribution in [0.1, 0.15) is 43.6 Å². The minimum Gasteiger partial charge on any atom is -0.491 e. The van der Waals surface area contributed by atoms with Gasteiger partial charge in [0.25, 0.3) is 0 Å². The monoisotopic (exact) mass is 275 g/mol. The van der Waals surface area contributed by atoms with Crippen molar-refractivity contribution >= 4 is 0 Å². The standard InChI is InChI=1S/C17H25NO2/c1-2-6-14(7-3-1)16-8-4-5-9-17(16)20-13-15-12-18-10-11-19-15/h4-5,8-9,14-15,18H,1-3,6-7,10-13H2. The molecule has 0 aromatic heterocycles. The maximum atomic E-state index is 6.06. The van der Waals surface area contributed by atoms with Crippen LogP contribution in [0.15, 0.2) is 24.3 Å². The summed E-state index contributed by atoms with van der Waals surface area (Å²) in [5, 5.41) is 3.34. The second-order valence-electron chi connectivity index (χ2n) is 5.88. The molecular formula is C17H25NO2. The minimum absolute atomic E-state index is 0.183. The van der Waals surface area contributed by atoms with Crippen molar-refractivity contribution in [1.29, 1.82) is 0 Å². The van der Waals surface area contributed by atoms with Gasteiger partial charge in [-0.3, -0.25) is 0 Å². The zero-order valence-corrected chi connectivity index (χ0v) is 12.1. The fourth-order valence-electron chi connectivity index (χ4n) is 3.27. The van der Waals surface area contributed by atoms with Gasteiger partial charge in [0, 0.05) is 13.1 Å². The summed E-state index contributed by atoms with van der Waals surface area (Å²) < 4.78 is 11.8. The predicted octanol–water partition coefficient (Wildman–Crippen LogP) is 3.10. The maximum absolute atomic E-state index is 6.06. The second kappa shape index (κ2) is 7.09. The first-order chi connectivity index (χ1) is 9.93. The lowest BCUT2D eigenvalue weighted by Gasteiger charge is -2.26. The molecular weight excluding hydrogens is 250 g/mol. The third-order valence-electron chi connectivity index (χ3n) is 4.39. The molecule has 0 amide bonds. The molecule has 0 radical (unpaired) electrons. The molecule has 1 atom stereocenters. The largest absolute Gasteiger partial charge is 0.491 e. The van der Waals surface area contributed by atoms with Crippen LogP contribution in [0, 0.1) is 0 Å². The normalized spacial score (nSPS) is 24.5. The van der Waals surface area contributed by atoms with E-state index >= 15 is 0 Å². The van der Waals surface area contributed by atoms with Crippen LogP contribution < -0.4 is 10.1 Å². The topological polar surface area (TPSA) is 30.5 Å². The van der Waals surface area contributed by atoms with Gasteiger partial charge in [0.05, 0.1) is 6.61 Å². The molecule has 1 heterocycles. The predicted molar refractivity (Wildman–Crippen MR) is 80.4 cm³/mol. The minimum atomic E-state index is 0.183. The van der Waals surface area contributed by atoms with Gasteiger partial charge >= 0.3 is 0 Å². The summed E-state index contributed by atoms with van der Waals surface area (Å²) in [6.07, 6.45) is 6.90. The molecule has 1 aliphatic carbocycles. The van der Waals surface area contributed by atoms with Crippen LogP contribution in [0.4, 0.5) is 0 Å². The Bertz CT molecular complexity index is 409. The molecule has 2 aliphatic rings. The number of rotatable bonds is 4. The van der Waals surface area contributed by atoms with E-state index in [1.807, 2.05) is 0 Å². The number of hydrogen-bond donors (Lipinski definition) is 1. The van der Waals surface area contributed by atoms with Gasteiger partial charge in [-0.15, -0.1) is 0 Å². The zero-order chi connectivity index (χ0) is 13.6. The van der Waals surface area contributed by atoms with Crippen molar-refractivity contribution in [3.8, 4) is 5.75 Å². The number of para-hydroxylation sites is 1. The first kappa shape index (κ1) is 13.9. The molecule has 0 bridgehead atoms. The van der Waals surface area contributed by atoms with Crippen LogP contribution in [0.25, 0.3) is 0 Å². The van der Waals surface area contributed by atoms with Gasteiger partial charge in [-0.25, -0.2) is 0 Å². The van der Waals surface area contributed by atoms with Crippen molar-refractivity contribution in [1.82, 2.24) is 5.32 Å². The third-order valence-corrected chi connectivity index (χ3v) is 4.39. The smallest absolute Gasteiger partial charge is 0.122 e. The lowest BCUT2D eigenvalue weighted by Crippen LogP contribution is -2.41. The van der Waals surface area contributed by atoms with E-state index in [0.717, 1.165) is 25.4 Å². The molecule has 1 aromatic carbocycles. The van der Waals surface area contributed by atoms with Gasteiger partial charge in [0.15, 0.2) is 0 Å². The van der Waals surface area contributed by atoms with Gasteiger partial charge in [-0.1, -0.05) is 37.5 Å². The Morgan fingerprint density at radius 1 is 1.15 bits per heavy atom. The first-order valence-electron chi connectivity index (χ1n) is 7.97. The fraction of sp³-hybridized carbons (Fsp3) is 0.647. The van der Waals surface area contributed by atoms with Gasteiger partial charge in [-0.05, 0) is 30.4 Å². The van der Waals surface area contributed by atoms with E-state index in [2.05, 4.69) is 29.6 Å². The van der Waals surface area contributed by atoms with Crippen molar-refractivity contribution in [3.63, 3.8) is 0 Å². The van der Waals surface area contributed by atoms with Crippen LogP contribution >= 0.6 is 0 Å². The highest BCUT2D eigenvalue weighted by atomic mass is 16.5. The van der Waals surface area contributed by atoms with Crippen LogP contribution in [-0.4, -0.2) is 32.4 Å². The molecule has 1 saturated carbocycles. The number of hydrogen-bond acceptors (Lipinski definition) is 3. The van der Waals surface area contributed by atoms with E-state index in [1.165, 1.54) is 37.7 Å². The molecule has 3 rings (SSSR count). The summed E-state index contributed by atoms with van der Waals surface area (Å²) in [6, 6.07) is 8.56. The first-order valence-corrected chi connectivity index (χ1v) is 7.97. The Kier molecular flexibility index (Phi) is 4.93. The highest BCUT2D eigenvalue weighted by Crippen LogP contribution is 2.37. The number of nitrogens with one attached hydrogen (secondary N) is 1. The summed E-state index contributed by atoms with van der Waals surface area (Å²) in [5.74, 6) is 1.75. The Morgan fingerprint density at radius 2 is 2.00 bits per heavy atom. The fourth-order valence-corrected chi connectivity index (χ4v) is 3.27. The number of ether oxygens (including phenoxy) is 2. The summed E-state index contributed by atoms with van der Waals surface area (Å²) >= 11 is 0. The van der Waals surface area contributed by atoms with Crippen LogP contribution in [0.2, 0.25) is 0 Å². The maximum Gasteiger partial charge on any atom is 0.122 e. The van der Waals surface area contributed by atoms with Crippen molar-refractivity contribution < 1.29 is 9.47 Å². The van der Waals surface area contributed by atoms with Crippen LogP contribution in [-0.2, 0) is 4.74 Å². The molecule has 20 heavy (non-hydrogen) atoms. The van der Waals surface area contributed by atoms with Gasteiger partial charge < -0.3 is 14.8 Å². The van der Waals surface area contributed by atoms with Crippen molar-refractivity contribution in [2.75, 3.05) is 26.3 Å². The van der Waals surface area contributed by atoms with E-state index in [9.17, 15) is 0 Å². The molecule has 1 aliphatic heterocycles. The van der Waals surface area contributed by atoms with E-state index in [-0.39, 0.29) is 6.10 Å². The van der Waals surface area contributed by atoms with E-state index in [1.54, 1.807) is 0 Å². The summed E-state index contributed by atoms with van der Waals surface area (Å²) in [6.45, 7) is 3.29. The molecule has 0 spiro atoms. The van der Waals surface area contributed by atoms with Gasteiger partial charge in [0.2, 0.25) is 0 Å². The third kappa shape index (κ3) is 3.53. The summed E-state index contributed by atoms with van der Waals surface area (Å²) in [7, 11) is 0. The highest BCUT2D eigenvalue weighted by molar-refractivity contribution is 5.36. The Hall–Kier alpha value is -1.06. The van der Waals surface area contributed by atoms with E-state index in [4.69, 9.17) is 9.47 Å². The van der Waals surface area contributed by atoms with Crippen LogP contribution in [0.5, 0.6) is 5.75 Å². The molecule has 1 N–H and O–H groups in total. The molecule has 1 saturated heterocycles. The Balaban J connectivity index is 1.62. The number of morpholine rings is 1. The average Bonchev–Trinajstić information content (AvgIpc) is 2.55. The van der Waals surface area contributed by atoms with Crippen molar-refractivity contribution in [3.05, 3.63) is 29.8 Å². The second-order valence-corrected chi connectivity index (χ2v) is 5.88. The quantitative estimate of drug-likeness (QED) is 0.916. The number of benzene rings is 1. The lowest BCUT2D eigenvalue weighted by atomic mass is 9.84. The molecule has 2 fully saturated rings. The molecule has 110 valence electrons. The molecule has 1 unspecified atom stereocenters.